The molecule has 0 spiro atoms. The standard InChI is InChI=1S/C12H13F4NO2/c1-11(2,3)19-10(18)17(16)9-6-4-5-8(7-9)12(13,14)15/h4-7H,1-3H3. The molecule has 0 radical (unpaired) electrons. The van der Waals surface area contributed by atoms with Gasteiger partial charge >= 0.3 is 12.3 Å². The number of carbonyl (C=O) groups excluding carboxylic acids is 1. The van der Waals surface area contributed by atoms with Crippen molar-refractivity contribution in [3.05, 3.63) is 29.8 Å². The fraction of sp³-hybridized carbons (Fsp3) is 0.417. The number of carbonyl (C=O) groups is 1. The lowest BCUT2D eigenvalue weighted by atomic mass is 10.2. The van der Waals surface area contributed by atoms with Crippen LogP contribution >= 0.6 is 0 Å². The predicted octanol–water partition coefficient (Wildman–Crippen LogP) is 4.33. The SMILES string of the molecule is CC(C)(C)OC(=O)N(F)c1cccc(C(F)(F)F)c1. The van der Waals surface area contributed by atoms with Gasteiger partial charge in [-0.05, 0) is 39.0 Å². The van der Waals surface area contributed by atoms with Crippen molar-refractivity contribution in [3.8, 4) is 0 Å². The van der Waals surface area contributed by atoms with E-state index in [1.807, 2.05) is 0 Å². The molecule has 1 aromatic rings. The zero-order chi connectivity index (χ0) is 14.8. The molecule has 0 aliphatic carbocycles. The molecule has 0 aliphatic rings. The van der Waals surface area contributed by atoms with Crippen molar-refractivity contribution in [1.29, 1.82) is 0 Å². The van der Waals surface area contributed by atoms with Gasteiger partial charge in [-0.25, -0.2) is 4.79 Å². The molecule has 0 aliphatic heterocycles. The predicted molar refractivity (Wildman–Crippen MR) is 61.3 cm³/mol. The highest BCUT2D eigenvalue weighted by Gasteiger charge is 2.32. The monoisotopic (exact) mass is 279 g/mol. The molecule has 0 N–H and O–H groups in total. The Kier molecular flexibility index (Phi) is 4.07. The van der Waals surface area contributed by atoms with E-state index < -0.39 is 34.2 Å². The lowest BCUT2D eigenvalue weighted by Crippen LogP contribution is -2.31. The maximum atomic E-state index is 13.6. The lowest BCUT2D eigenvalue weighted by Gasteiger charge is -2.22. The summed E-state index contributed by atoms with van der Waals surface area (Å²) in [6.45, 7) is 4.56. The third kappa shape index (κ3) is 4.42. The van der Waals surface area contributed by atoms with Gasteiger partial charge < -0.3 is 4.74 Å². The van der Waals surface area contributed by atoms with Crippen LogP contribution in [-0.2, 0) is 10.9 Å². The van der Waals surface area contributed by atoms with E-state index in [1.54, 1.807) is 0 Å². The molecule has 3 nitrogen and oxygen atoms in total. The highest BCUT2D eigenvalue weighted by Crippen LogP contribution is 2.32. The van der Waals surface area contributed by atoms with Gasteiger partial charge in [0.05, 0.1) is 11.3 Å². The van der Waals surface area contributed by atoms with E-state index in [-0.39, 0.29) is 0 Å². The summed E-state index contributed by atoms with van der Waals surface area (Å²) < 4.78 is 55.7. The zero-order valence-electron chi connectivity index (χ0n) is 10.6. The largest absolute Gasteiger partial charge is 0.443 e. The molecule has 1 rings (SSSR count). The van der Waals surface area contributed by atoms with Gasteiger partial charge in [0.15, 0.2) is 0 Å². The average Bonchev–Trinajstić information content (AvgIpc) is 2.24. The smallest absolute Gasteiger partial charge is 0.442 e. The Labute approximate surface area is 107 Å². The first-order valence-electron chi connectivity index (χ1n) is 5.37. The van der Waals surface area contributed by atoms with E-state index >= 15 is 0 Å². The number of anilines is 1. The van der Waals surface area contributed by atoms with Crippen molar-refractivity contribution in [1.82, 2.24) is 0 Å². The van der Waals surface area contributed by atoms with E-state index in [0.717, 1.165) is 18.2 Å². The van der Waals surface area contributed by atoms with Crippen LogP contribution in [0.2, 0.25) is 0 Å². The van der Waals surface area contributed by atoms with Crippen LogP contribution < -0.4 is 5.12 Å². The second-order valence-electron chi connectivity index (χ2n) is 4.81. The summed E-state index contributed by atoms with van der Waals surface area (Å²) >= 11 is 0. The molecule has 0 saturated heterocycles. The van der Waals surface area contributed by atoms with Crippen molar-refractivity contribution in [2.75, 3.05) is 5.12 Å². The number of rotatable bonds is 1. The first-order chi connectivity index (χ1) is 8.50. The van der Waals surface area contributed by atoms with Crippen LogP contribution in [0.25, 0.3) is 0 Å². The highest BCUT2D eigenvalue weighted by molar-refractivity contribution is 5.85. The van der Waals surface area contributed by atoms with Crippen LogP contribution in [0.4, 0.5) is 28.1 Å². The molecule has 0 bridgehead atoms. The quantitative estimate of drug-likeness (QED) is 0.565. The number of alkyl halides is 3. The number of hydrogen-bond acceptors (Lipinski definition) is 2. The number of halogens is 4. The maximum Gasteiger partial charge on any atom is 0.443 e. The van der Waals surface area contributed by atoms with Crippen LogP contribution in [0.3, 0.4) is 0 Å². The molecule has 0 atom stereocenters. The normalized spacial score (nSPS) is 12.2. The first-order valence-corrected chi connectivity index (χ1v) is 5.37. The van der Waals surface area contributed by atoms with E-state index in [4.69, 9.17) is 4.74 Å². The molecule has 1 amide bonds. The molecule has 7 heteroatoms. The molecule has 0 fully saturated rings. The number of amides is 1. The average molecular weight is 279 g/mol. The molecule has 0 aromatic heterocycles. The summed E-state index contributed by atoms with van der Waals surface area (Å²) in [4.78, 5) is 11.4. The third-order valence-corrected chi connectivity index (χ3v) is 1.95. The summed E-state index contributed by atoms with van der Waals surface area (Å²) in [6.07, 6.45) is -5.98. The van der Waals surface area contributed by atoms with Gasteiger partial charge in [0.25, 0.3) is 0 Å². The second kappa shape index (κ2) is 5.07. The van der Waals surface area contributed by atoms with Gasteiger partial charge in [0.2, 0.25) is 0 Å². The fourth-order valence-electron chi connectivity index (χ4n) is 1.21. The van der Waals surface area contributed by atoms with E-state index in [1.165, 1.54) is 20.8 Å². The summed E-state index contributed by atoms with van der Waals surface area (Å²) in [5.41, 5.74) is -2.52. The number of benzene rings is 1. The van der Waals surface area contributed by atoms with Crippen LogP contribution in [-0.4, -0.2) is 11.7 Å². The van der Waals surface area contributed by atoms with Crippen molar-refractivity contribution in [2.45, 2.75) is 32.5 Å². The molecule has 19 heavy (non-hydrogen) atoms. The van der Waals surface area contributed by atoms with Crippen LogP contribution in [0, 0.1) is 0 Å². The van der Waals surface area contributed by atoms with Gasteiger partial charge in [0.1, 0.15) is 5.60 Å². The number of nitrogens with zero attached hydrogens (tertiary/aromatic N) is 1. The van der Waals surface area contributed by atoms with Crippen molar-refractivity contribution >= 4 is 11.8 Å². The maximum absolute atomic E-state index is 13.6. The molecule has 0 unspecified atom stereocenters. The van der Waals surface area contributed by atoms with E-state index in [0.29, 0.717) is 6.07 Å². The lowest BCUT2D eigenvalue weighted by molar-refractivity contribution is -0.137. The highest BCUT2D eigenvalue weighted by atomic mass is 19.4. The summed E-state index contributed by atoms with van der Waals surface area (Å²) in [7, 11) is 0. The summed E-state index contributed by atoms with van der Waals surface area (Å²) in [5.74, 6) is 0. The minimum absolute atomic E-state index is 0.458. The van der Waals surface area contributed by atoms with Gasteiger partial charge in [-0.15, -0.1) is 5.12 Å². The Morgan fingerprint density at radius 3 is 2.26 bits per heavy atom. The van der Waals surface area contributed by atoms with Gasteiger partial charge in [-0.1, -0.05) is 10.5 Å². The van der Waals surface area contributed by atoms with Crippen LogP contribution in [0.1, 0.15) is 26.3 Å². The molecular weight excluding hydrogens is 266 g/mol. The Bertz CT molecular complexity index is 466. The Balaban J connectivity index is 2.95. The minimum atomic E-state index is -4.61. The van der Waals surface area contributed by atoms with Crippen LogP contribution in [0.5, 0.6) is 0 Å². The molecule has 106 valence electrons. The van der Waals surface area contributed by atoms with Crippen LogP contribution in [0.15, 0.2) is 24.3 Å². The van der Waals surface area contributed by atoms with Gasteiger partial charge in [-0.3, -0.25) is 0 Å². The number of ether oxygens (including phenoxy) is 1. The molecular formula is C12H13F4NO2. The Morgan fingerprint density at radius 2 is 1.79 bits per heavy atom. The second-order valence-corrected chi connectivity index (χ2v) is 4.81. The molecule has 0 heterocycles. The molecule has 1 aromatic carbocycles. The van der Waals surface area contributed by atoms with Crippen molar-refractivity contribution in [2.24, 2.45) is 0 Å². The van der Waals surface area contributed by atoms with Gasteiger partial charge in [-0.2, -0.15) is 13.2 Å². The Morgan fingerprint density at radius 1 is 1.21 bits per heavy atom. The summed E-state index contributed by atoms with van der Waals surface area (Å²) in [5, 5.41) is -0.458. The zero-order valence-corrected chi connectivity index (χ0v) is 10.6. The third-order valence-electron chi connectivity index (χ3n) is 1.95. The minimum Gasteiger partial charge on any atom is -0.442 e. The molecule has 0 saturated carbocycles. The fourth-order valence-corrected chi connectivity index (χ4v) is 1.21. The van der Waals surface area contributed by atoms with Crippen molar-refractivity contribution < 1.29 is 27.2 Å². The topological polar surface area (TPSA) is 29.5 Å². The van der Waals surface area contributed by atoms with Crippen molar-refractivity contribution in [3.63, 3.8) is 0 Å². The van der Waals surface area contributed by atoms with Gasteiger partial charge in [0, 0.05) is 0 Å². The number of hydrogen-bond donors (Lipinski definition) is 0. The first kappa shape index (κ1) is 15.3. The van der Waals surface area contributed by atoms with E-state index in [9.17, 15) is 22.4 Å². The summed E-state index contributed by atoms with van der Waals surface area (Å²) in [6, 6.07) is 3.37. The van der Waals surface area contributed by atoms with E-state index in [2.05, 4.69) is 0 Å². The Hall–Kier alpha value is -1.79.